The zero-order chi connectivity index (χ0) is 26.2. The fourth-order valence-electron chi connectivity index (χ4n) is 4.24. The molecule has 0 heterocycles. The van der Waals surface area contributed by atoms with E-state index >= 15 is 0 Å². The van der Waals surface area contributed by atoms with Crippen LogP contribution >= 0.6 is 0 Å². The summed E-state index contributed by atoms with van der Waals surface area (Å²) < 4.78 is 5.63. The zero-order valence-corrected chi connectivity index (χ0v) is 21.6. The highest BCUT2D eigenvalue weighted by Crippen LogP contribution is 2.44. The number of alkyl carbamates (subject to hydrolysis) is 1. The molecule has 35 heavy (non-hydrogen) atoms. The summed E-state index contributed by atoms with van der Waals surface area (Å²) in [7, 11) is 0. The van der Waals surface area contributed by atoms with Crippen molar-refractivity contribution in [2.75, 3.05) is 6.61 Å². The lowest BCUT2D eigenvalue weighted by Gasteiger charge is -2.41. The van der Waals surface area contributed by atoms with Gasteiger partial charge in [0.15, 0.2) is 0 Å². The van der Waals surface area contributed by atoms with Gasteiger partial charge in [0, 0.05) is 5.92 Å². The molecule has 2 aromatic carbocycles. The van der Waals surface area contributed by atoms with Gasteiger partial charge in [-0.3, -0.25) is 9.59 Å². The predicted molar refractivity (Wildman–Crippen MR) is 135 cm³/mol. The number of benzene rings is 2. The summed E-state index contributed by atoms with van der Waals surface area (Å²) in [6.07, 6.45) is -0.697. The molecule has 1 aliphatic carbocycles. The fourth-order valence-corrected chi connectivity index (χ4v) is 4.24. The highest BCUT2D eigenvalue weighted by molar-refractivity contribution is 5.88. The van der Waals surface area contributed by atoms with Gasteiger partial charge in [-0.1, -0.05) is 69.3 Å². The second-order valence-electron chi connectivity index (χ2n) is 11.3. The van der Waals surface area contributed by atoms with Crippen molar-refractivity contribution in [2.24, 2.45) is 10.8 Å². The largest absolute Gasteiger partial charge is 0.481 e. The van der Waals surface area contributed by atoms with E-state index in [0.29, 0.717) is 0 Å². The van der Waals surface area contributed by atoms with Crippen molar-refractivity contribution in [3.05, 3.63) is 59.7 Å². The lowest BCUT2D eigenvalue weighted by molar-refractivity contribution is -0.152. The smallest absolute Gasteiger partial charge is 0.407 e. The van der Waals surface area contributed by atoms with Crippen LogP contribution in [0.25, 0.3) is 11.1 Å². The fraction of sp³-hybridized carbons (Fsp3) is 0.464. The number of aliphatic carboxylic acids is 1. The third-order valence-corrected chi connectivity index (χ3v) is 7.27. The molecule has 2 aromatic rings. The molecule has 0 aromatic heterocycles. The van der Waals surface area contributed by atoms with Crippen LogP contribution in [0.3, 0.4) is 0 Å². The molecule has 0 fully saturated rings. The van der Waals surface area contributed by atoms with Gasteiger partial charge in [-0.25, -0.2) is 4.79 Å². The summed E-state index contributed by atoms with van der Waals surface area (Å²) in [5.74, 6) is -1.59. The summed E-state index contributed by atoms with van der Waals surface area (Å²) in [6, 6.07) is 15.2. The molecule has 0 bridgehead atoms. The van der Waals surface area contributed by atoms with Gasteiger partial charge in [0.25, 0.3) is 0 Å². The van der Waals surface area contributed by atoms with Crippen molar-refractivity contribution in [1.29, 1.82) is 0 Å². The first-order valence-electron chi connectivity index (χ1n) is 11.8. The lowest BCUT2D eigenvalue weighted by atomic mass is 9.74. The summed E-state index contributed by atoms with van der Waals surface area (Å²) in [4.78, 5) is 37.8. The molecule has 2 amide bonds. The molecule has 0 unspecified atom stereocenters. The highest BCUT2D eigenvalue weighted by Gasteiger charge is 2.46. The first-order valence-corrected chi connectivity index (χ1v) is 11.8. The Kier molecular flexibility index (Phi) is 7.02. The quantitative estimate of drug-likeness (QED) is 0.520. The van der Waals surface area contributed by atoms with E-state index in [9.17, 15) is 19.5 Å². The molecule has 7 heteroatoms. The molecular weight excluding hydrogens is 444 g/mol. The predicted octanol–water partition coefficient (Wildman–Crippen LogP) is 4.95. The molecule has 7 nitrogen and oxygen atoms in total. The topological polar surface area (TPSA) is 105 Å². The molecule has 3 rings (SSSR count). The first kappa shape index (κ1) is 26.3. The second kappa shape index (κ2) is 9.36. The number of nitrogens with one attached hydrogen (secondary N) is 2. The van der Waals surface area contributed by atoms with Crippen LogP contribution in [-0.2, 0) is 14.3 Å². The van der Waals surface area contributed by atoms with Gasteiger partial charge in [-0.2, -0.15) is 0 Å². The maximum absolute atomic E-state index is 13.2. The molecule has 1 aliphatic rings. The van der Waals surface area contributed by atoms with Crippen molar-refractivity contribution in [3.63, 3.8) is 0 Å². The molecule has 0 saturated heterocycles. The minimum atomic E-state index is -1.23. The number of rotatable bonds is 7. The number of hydrogen-bond donors (Lipinski definition) is 3. The normalized spacial score (nSPS) is 14.5. The van der Waals surface area contributed by atoms with Gasteiger partial charge >= 0.3 is 12.1 Å². The van der Waals surface area contributed by atoms with Crippen molar-refractivity contribution in [3.8, 4) is 11.1 Å². The summed E-state index contributed by atoms with van der Waals surface area (Å²) in [5, 5.41) is 15.1. The van der Waals surface area contributed by atoms with Gasteiger partial charge in [0.2, 0.25) is 5.91 Å². The van der Waals surface area contributed by atoms with E-state index in [4.69, 9.17) is 4.74 Å². The first-order chi connectivity index (χ1) is 16.2. The summed E-state index contributed by atoms with van der Waals surface area (Å²) >= 11 is 0. The number of amides is 2. The number of carbonyl (C=O) groups is 3. The summed E-state index contributed by atoms with van der Waals surface area (Å²) in [6.45, 7) is 12.1. The number of fused-ring (bicyclic) bond motifs is 3. The average Bonchev–Trinajstić information content (AvgIpc) is 3.08. The minimum absolute atomic E-state index is 0.0923. The molecule has 3 N–H and O–H groups in total. The lowest BCUT2D eigenvalue weighted by Crippen LogP contribution is -2.63. The summed E-state index contributed by atoms with van der Waals surface area (Å²) in [5.41, 5.74) is 1.53. The van der Waals surface area contributed by atoms with E-state index in [0.717, 1.165) is 22.3 Å². The van der Waals surface area contributed by atoms with E-state index in [1.54, 1.807) is 27.7 Å². The molecule has 0 aliphatic heterocycles. The monoisotopic (exact) mass is 480 g/mol. The molecule has 1 atom stereocenters. The maximum Gasteiger partial charge on any atom is 0.407 e. The van der Waals surface area contributed by atoms with Crippen molar-refractivity contribution < 1.29 is 24.2 Å². The van der Waals surface area contributed by atoms with Crippen LogP contribution in [0.1, 0.15) is 65.5 Å². The third kappa shape index (κ3) is 5.19. The van der Waals surface area contributed by atoms with E-state index in [-0.39, 0.29) is 12.5 Å². The van der Waals surface area contributed by atoms with Gasteiger partial charge in [0.1, 0.15) is 12.6 Å². The zero-order valence-electron chi connectivity index (χ0n) is 21.6. The standard InChI is InChI=1S/C28H36N2O5/c1-26(2,3)22(23(31)30-28(6,7)27(4,5)24(32)33)29-25(34)35-16-21-19-14-10-8-12-17(19)18-13-9-11-15-20(18)21/h8-15,21-22H,16H2,1-7H3,(H,29,34)(H,30,31)(H,32,33)/t22-/m1/s1. The van der Waals surface area contributed by atoms with Gasteiger partial charge in [-0.05, 0) is 55.4 Å². The highest BCUT2D eigenvalue weighted by atomic mass is 16.5. The average molecular weight is 481 g/mol. The van der Waals surface area contributed by atoms with Crippen LogP contribution in [-0.4, -0.2) is 41.3 Å². The van der Waals surface area contributed by atoms with Crippen molar-refractivity contribution >= 4 is 18.0 Å². The number of ether oxygens (including phenoxy) is 1. The SMILES string of the molecule is CC(C)(C)[C@H](NC(=O)OCC1c2ccccc2-c2ccccc21)C(=O)NC(C)(C)C(C)(C)C(=O)O. The van der Waals surface area contributed by atoms with E-state index in [2.05, 4.69) is 22.8 Å². The van der Waals surface area contributed by atoms with Crippen LogP contribution in [0.5, 0.6) is 0 Å². The number of carbonyl (C=O) groups excluding carboxylic acids is 2. The van der Waals surface area contributed by atoms with Crippen molar-refractivity contribution in [2.45, 2.75) is 66.0 Å². The molecule has 0 radical (unpaired) electrons. The van der Waals surface area contributed by atoms with Crippen LogP contribution < -0.4 is 10.6 Å². The Balaban J connectivity index is 1.73. The number of hydrogen-bond acceptors (Lipinski definition) is 4. The number of carboxylic acid groups (broad SMARTS) is 1. The van der Waals surface area contributed by atoms with E-state index < -0.39 is 40.4 Å². The van der Waals surface area contributed by atoms with Gasteiger partial charge < -0.3 is 20.5 Å². The molecule has 188 valence electrons. The van der Waals surface area contributed by atoms with Crippen LogP contribution in [0.2, 0.25) is 0 Å². The minimum Gasteiger partial charge on any atom is -0.481 e. The van der Waals surface area contributed by atoms with Crippen molar-refractivity contribution in [1.82, 2.24) is 10.6 Å². The Bertz CT molecular complexity index is 1080. The maximum atomic E-state index is 13.2. The van der Waals surface area contributed by atoms with Crippen LogP contribution in [0, 0.1) is 10.8 Å². The molecule has 0 spiro atoms. The Labute approximate surface area is 207 Å². The van der Waals surface area contributed by atoms with Crippen LogP contribution in [0.4, 0.5) is 4.79 Å². The van der Waals surface area contributed by atoms with Crippen LogP contribution in [0.15, 0.2) is 48.5 Å². The third-order valence-electron chi connectivity index (χ3n) is 7.27. The number of carboxylic acids is 1. The van der Waals surface area contributed by atoms with Gasteiger partial charge in [0.05, 0.1) is 11.0 Å². The Morgan fingerprint density at radius 1 is 0.886 bits per heavy atom. The van der Waals surface area contributed by atoms with E-state index in [1.165, 1.54) is 0 Å². The molecule has 0 saturated carbocycles. The Morgan fingerprint density at radius 2 is 1.37 bits per heavy atom. The molecular formula is C28H36N2O5. The second-order valence-corrected chi connectivity index (χ2v) is 11.3. The Hall–Kier alpha value is -3.35. The Morgan fingerprint density at radius 3 is 1.83 bits per heavy atom. The van der Waals surface area contributed by atoms with Gasteiger partial charge in [-0.15, -0.1) is 0 Å². The van der Waals surface area contributed by atoms with E-state index in [1.807, 2.05) is 57.2 Å².